The number of hydrogen-bond donors (Lipinski definition) is 3. The lowest BCUT2D eigenvalue weighted by atomic mass is 9.97. The van der Waals surface area contributed by atoms with E-state index in [-0.39, 0.29) is 18.7 Å². The second kappa shape index (κ2) is 12.2. The van der Waals surface area contributed by atoms with Gasteiger partial charge in [0.25, 0.3) is 0 Å². The Balaban J connectivity index is 4.63. The second-order valence-electron chi connectivity index (χ2n) is 6.66. The summed E-state index contributed by atoms with van der Waals surface area (Å²) in [7, 11) is 8.25. The molecule has 134 valence electrons. The highest BCUT2D eigenvalue weighted by Gasteiger charge is 2.28. The summed E-state index contributed by atoms with van der Waals surface area (Å²) in [6.45, 7) is 5.64. The van der Waals surface area contributed by atoms with E-state index >= 15 is 0 Å². The Kier molecular flexibility index (Phi) is 12.1. The Morgan fingerprint density at radius 1 is 0.909 bits per heavy atom. The Morgan fingerprint density at radius 2 is 1.36 bits per heavy atom. The summed E-state index contributed by atoms with van der Waals surface area (Å²) in [6, 6.07) is 0. The second-order valence-corrected chi connectivity index (χ2v) is 6.66. The van der Waals surface area contributed by atoms with Crippen molar-refractivity contribution in [3.63, 3.8) is 0 Å². The third-order valence-corrected chi connectivity index (χ3v) is 4.08. The monoisotopic (exact) mass is 318 g/mol. The van der Waals surface area contributed by atoms with Crippen molar-refractivity contribution in [1.29, 1.82) is 0 Å². The minimum atomic E-state index is -0.551. The maximum absolute atomic E-state index is 10.1. The summed E-state index contributed by atoms with van der Waals surface area (Å²) in [5.41, 5.74) is 6.36. The smallest absolute Gasteiger partial charge is 0.0648 e. The van der Waals surface area contributed by atoms with E-state index < -0.39 is 6.10 Å². The van der Waals surface area contributed by atoms with Crippen molar-refractivity contribution in [2.24, 2.45) is 11.7 Å². The molecule has 0 aromatic carbocycles. The van der Waals surface area contributed by atoms with Gasteiger partial charge in [-0.05, 0) is 60.5 Å². The SMILES string of the molecule is CCC(O)C(CO)C(N)N(CCCN(C)C)CCCN(C)C. The molecule has 0 fully saturated rings. The van der Waals surface area contributed by atoms with Crippen molar-refractivity contribution in [2.75, 3.05) is 61.0 Å². The molecule has 0 bridgehead atoms. The van der Waals surface area contributed by atoms with Gasteiger partial charge < -0.3 is 25.7 Å². The normalized spacial score (nSPS) is 16.5. The Labute approximate surface area is 136 Å². The zero-order valence-electron chi connectivity index (χ0n) is 15.2. The number of nitrogens with zero attached hydrogens (tertiary/aromatic N) is 3. The van der Waals surface area contributed by atoms with Gasteiger partial charge in [-0.3, -0.25) is 4.90 Å². The fourth-order valence-electron chi connectivity index (χ4n) is 2.62. The molecule has 3 atom stereocenters. The van der Waals surface area contributed by atoms with Crippen LogP contribution in [0.25, 0.3) is 0 Å². The molecule has 4 N–H and O–H groups in total. The van der Waals surface area contributed by atoms with Crippen molar-refractivity contribution < 1.29 is 10.2 Å². The van der Waals surface area contributed by atoms with Gasteiger partial charge in [0.1, 0.15) is 0 Å². The third kappa shape index (κ3) is 9.02. The van der Waals surface area contributed by atoms with Crippen molar-refractivity contribution in [1.82, 2.24) is 14.7 Å². The minimum absolute atomic E-state index is 0.0754. The molecular formula is C16H38N4O2. The summed E-state index contributed by atoms with van der Waals surface area (Å²) < 4.78 is 0. The van der Waals surface area contributed by atoms with Crippen LogP contribution in [0.4, 0.5) is 0 Å². The van der Waals surface area contributed by atoms with Crippen molar-refractivity contribution >= 4 is 0 Å². The minimum Gasteiger partial charge on any atom is -0.396 e. The summed E-state index contributed by atoms with van der Waals surface area (Å²) in [5.74, 6) is -0.288. The van der Waals surface area contributed by atoms with Crippen molar-refractivity contribution in [3.8, 4) is 0 Å². The first-order chi connectivity index (χ1) is 10.3. The van der Waals surface area contributed by atoms with Crippen LogP contribution in [0.3, 0.4) is 0 Å². The first kappa shape index (κ1) is 21.8. The number of hydrogen-bond acceptors (Lipinski definition) is 6. The van der Waals surface area contributed by atoms with Crippen LogP contribution in [0.2, 0.25) is 0 Å². The Morgan fingerprint density at radius 3 is 1.68 bits per heavy atom. The third-order valence-electron chi connectivity index (χ3n) is 4.08. The molecule has 0 aliphatic rings. The van der Waals surface area contributed by atoms with Gasteiger partial charge in [0, 0.05) is 19.0 Å². The summed E-state index contributed by atoms with van der Waals surface area (Å²) >= 11 is 0. The Hall–Kier alpha value is -0.240. The molecule has 0 saturated carbocycles. The molecule has 0 aliphatic heterocycles. The van der Waals surface area contributed by atoms with Gasteiger partial charge in [-0.25, -0.2) is 0 Å². The van der Waals surface area contributed by atoms with Gasteiger partial charge in [0.2, 0.25) is 0 Å². The average Bonchev–Trinajstić information content (AvgIpc) is 2.45. The summed E-state index contributed by atoms with van der Waals surface area (Å²) in [5, 5.41) is 19.7. The summed E-state index contributed by atoms with van der Waals surface area (Å²) in [4.78, 5) is 6.54. The molecule has 0 heterocycles. The zero-order valence-corrected chi connectivity index (χ0v) is 15.2. The molecular weight excluding hydrogens is 280 g/mol. The molecule has 0 saturated heterocycles. The molecule has 0 amide bonds. The van der Waals surface area contributed by atoms with E-state index in [0.29, 0.717) is 6.42 Å². The van der Waals surface area contributed by atoms with E-state index in [9.17, 15) is 10.2 Å². The molecule has 6 heteroatoms. The topological polar surface area (TPSA) is 76.2 Å². The molecule has 0 aromatic rings. The van der Waals surface area contributed by atoms with Crippen LogP contribution in [-0.2, 0) is 0 Å². The number of aliphatic hydroxyl groups excluding tert-OH is 2. The fraction of sp³-hybridized carbons (Fsp3) is 1.00. The number of aliphatic hydroxyl groups is 2. The number of rotatable bonds is 13. The highest BCUT2D eigenvalue weighted by Crippen LogP contribution is 2.15. The van der Waals surface area contributed by atoms with Gasteiger partial charge in [-0.2, -0.15) is 0 Å². The van der Waals surface area contributed by atoms with Crippen LogP contribution >= 0.6 is 0 Å². The van der Waals surface area contributed by atoms with E-state index in [0.717, 1.165) is 39.0 Å². The number of nitrogens with two attached hydrogens (primary N) is 1. The van der Waals surface area contributed by atoms with Gasteiger partial charge in [-0.15, -0.1) is 0 Å². The van der Waals surface area contributed by atoms with E-state index in [1.165, 1.54) is 0 Å². The summed E-state index contributed by atoms with van der Waals surface area (Å²) in [6.07, 6.45) is 1.82. The molecule has 22 heavy (non-hydrogen) atoms. The lowest BCUT2D eigenvalue weighted by Gasteiger charge is -2.36. The first-order valence-corrected chi connectivity index (χ1v) is 8.41. The van der Waals surface area contributed by atoms with Crippen LogP contribution in [0.1, 0.15) is 26.2 Å². The van der Waals surface area contributed by atoms with Gasteiger partial charge in [0.05, 0.1) is 18.9 Å². The molecule has 0 aliphatic carbocycles. The molecule has 0 rings (SSSR count). The average molecular weight is 319 g/mol. The molecule has 6 nitrogen and oxygen atoms in total. The predicted octanol–water partition coefficient (Wildman–Crippen LogP) is -0.144. The van der Waals surface area contributed by atoms with E-state index in [1.54, 1.807) is 0 Å². The maximum atomic E-state index is 10.1. The van der Waals surface area contributed by atoms with Gasteiger partial charge in [-0.1, -0.05) is 6.92 Å². The lowest BCUT2D eigenvalue weighted by Crippen LogP contribution is -2.53. The highest BCUT2D eigenvalue weighted by molar-refractivity contribution is 4.79. The van der Waals surface area contributed by atoms with E-state index in [2.05, 4.69) is 42.9 Å². The zero-order chi connectivity index (χ0) is 17.1. The quantitative estimate of drug-likeness (QED) is 0.410. The lowest BCUT2D eigenvalue weighted by molar-refractivity contribution is 0.00327. The maximum Gasteiger partial charge on any atom is 0.0648 e. The molecule has 0 radical (unpaired) electrons. The van der Waals surface area contributed by atoms with Crippen LogP contribution in [-0.4, -0.2) is 98.2 Å². The molecule has 0 aromatic heterocycles. The van der Waals surface area contributed by atoms with Crippen LogP contribution < -0.4 is 5.73 Å². The van der Waals surface area contributed by atoms with E-state index in [4.69, 9.17) is 5.73 Å². The van der Waals surface area contributed by atoms with Crippen LogP contribution in [0.5, 0.6) is 0 Å². The van der Waals surface area contributed by atoms with Crippen molar-refractivity contribution in [3.05, 3.63) is 0 Å². The Bertz CT molecular complexity index is 251. The van der Waals surface area contributed by atoms with E-state index in [1.807, 2.05) is 6.92 Å². The van der Waals surface area contributed by atoms with Crippen LogP contribution in [0, 0.1) is 5.92 Å². The fourth-order valence-corrected chi connectivity index (χ4v) is 2.62. The highest BCUT2D eigenvalue weighted by atomic mass is 16.3. The van der Waals surface area contributed by atoms with Crippen LogP contribution in [0.15, 0.2) is 0 Å². The first-order valence-electron chi connectivity index (χ1n) is 8.41. The largest absolute Gasteiger partial charge is 0.396 e. The molecule has 3 unspecified atom stereocenters. The molecule has 0 spiro atoms. The standard InChI is InChI=1S/C16H38N4O2/c1-6-15(22)14(13-21)16(17)20(11-7-9-18(2)3)12-8-10-19(4)5/h14-16,21-22H,6-13,17H2,1-5H3. The van der Waals surface area contributed by atoms with Crippen molar-refractivity contribution in [2.45, 2.75) is 38.5 Å². The van der Waals surface area contributed by atoms with Gasteiger partial charge in [0.15, 0.2) is 0 Å². The van der Waals surface area contributed by atoms with Gasteiger partial charge >= 0.3 is 0 Å². The predicted molar refractivity (Wildman–Crippen MR) is 92.8 cm³/mol.